The molecule has 2 saturated carbocycles. The first kappa shape index (κ1) is 23.3. The topological polar surface area (TPSA) is 49.3 Å². The first-order valence-electron chi connectivity index (χ1n) is 12.8. The molecule has 0 saturated heterocycles. The third kappa shape index (κ3) is 4.12. The summed E-state index contributed by atoms with van der Waals surface area (Å²) in [5.74, 6) is -1.89. The van der Waals surface area contributed by atoms with Gasteiger partial charge < -0.3 is 10.4 Å². The standard InChI is InChI=1S/C29H35F2NO2/c1-28-15-14-24-23-13-11-22(33)16-20(23)10-12-25(24)27(28)21(17-29(28,30)31)8-5-9-26(34)32-18-19-6-3-2-4-7-19/h2-4,6-7,11,13,16,21,24-25,27,33H,5,8-10,12,14-15,17-18H2,1H3,(H,32,34)/t21?,24?,25?,27?,28-/m0/s1. The summed E-state index contributed by atoms with van der Waals surface area (Å²) in [6.07, 6.45) is 4.75. The number of aromatic hydroxyl groups is 1. The maximum Gasteiger partial charge on any atom is 0.253 e. The van der Waals surface area contributed by atoms with Crippen LogP contribution in [0, 0.1) is 23.2 Å². The van der Waals surface area contributed by atoms with Crippen LogP contribution in [0.2, 0.25) is 0 Å². The van der Waals surface area contributed by atoms with Gasteiger partial charge in [0.1, 0.15) is 5.75 Å². The number of benzene rings is 2. The van der Waals surface area contributed by atoms with E-state index in [1.54, 1.807) is 6.07 Å². The van der Waals surface area contributed by atoms with Gasteiger partial charge in [0.05, 0.1) is 0 Å². The van der Waals surface area contributed by atoms with Crippen molar-refractivity contribution in [3.63, 3.8) is 0 Å². The molecule has 0 bridgehead atoms. The largest absolute Gasteiger partial charge is 0.508 e. The number of phenolic OH excluding ortho intramolecular Hbond substituents is 1. The number of rotatable bonds is 6. The molecule has 3 aliphatic rings. The second-order valence-electron chi connectivity index (χ2n) is 11.0. The van der Waals surface area contributed by atoms with Gasteiger partial charge in [0.2, 0.25) is 5.91 Å². The molecule has 1 amide bonds. The number of fused-ring (bicyclic) bond motifs is 5. The lowest BCUT2D eigenvalue weighted by atomic mass is 9.53. The summed E-state index contributed by atoms with van der Waals surface area (Å²) in [5.41, 5.74) is 2.54. The van der Waals surface area contributed by atoms with Gasteiger partial charge in [0, 0.05) is 24.8 Å². The third-order valence-electron chi connectivity index (χ3n) is 9.13. The van der Waals surface area contributed by atoms with Crippen molar-refractivity contribution in [3.8, 4) is 5.75 Å². The zero-order valence-corrected chi connectivity index (χ0v) is 19.9. The van der Waals surface area contributed by atoms with Crippen LogP contribution in [0.15, 0.2) is 48.5 Å². The summed E-state index contributed by atoms with van der Waals surface area (Å²) in [6.45, 7) is 2.33. The van der Waals surface area contributed by atoms with E-state index in [0.29, 0.717) is 38.1 Å². The molecule has 3 aliphatic carbocycles. The lowest BCUT2D eigenvalue weighted by molar-refractivity contribution is -0.133. The van der Waals surface area contributed by atoms with Crippen LogP contribution in [-0.4, -0.2) is 16.9 Å². The van der Waals surface area contributed by atoms with E-state index in [9.17, 15) is 9.90 Å². The van der Waals surface area contributed by atoms with Crippen LogP contribution in [0.25, 0.3) is 0 Å². The molecule has 2 fully saturated rings. The Kier molecular flexibility index (Phi) is 6.16. The number of phenols is 1. The highest BCUT2D eigenvalue weighted by molar-refractivity contribution is 5.75. The van der Waals surface area contributed by atoms with Gasteiger partial charge in [-0.2, -0.15) is 0 Å². The Bertz CT molecular complexity index is 1040. The summed E-state index contributed by atoms with van der Waals surface area (Å²) < 4.78 is 30.8. The molecule has 3 nitrogen and oxygen atoms in total. The Morgan fingerprint density at radius 2 is 1.94 bits per heavy atom. The van der Waals surface area contributed by atoms with E-state index in [1.807, 2.05) is 49.4 Å². The minimum Gasteiger partial charge on any atom is -0.508 e. The van der Waals surface area contributed by atoms with Crippen molar-refractivity contribution in [2.45, 2.75) is 76.7 Å². The van der Waals surface area contributed by atoms with Crippen LogP contribution >= 0.6 is 0 Å². The van der Waals surface area contributed by atoms with Gasteiger partial charge >= 0.3 is 0 Å². The lowest BCUT2D eigenvalue weighted by Gasteiger charge is -2.51. The molecular formula is C29H35F2NO2. The quantitative estimate of drug-likeness (QED) is 0.503. The molecule has 2 aromatic rings. The number of carbonyl (C=O) groups is 1. The van der Waals surface area contributed by atoms with Crippen molar-refractivity contribution in [3.05, 3.63) is 65.2 Å². The fourth-order valence-corrected chi connectivity index (χ4v) is 7.50. The van der Waals surface area contributed by atoms with Crippen molar-refractivity contribution in [2.24, 2.45) is 23.2 Å². The number of carbonyl (C=O) groups excluding carboxylic acids is 1. The van der Waals surface area contributed by atoms with E-state index in [0.717, 1.165) is 24.8 Å². The minimum absolute atomic E-state index is 0.00991. The highest BCUT2D eigenvalue weighted by Crippen LogP contribution is 2.68. The van der Waals surface area contributed by atoms with E-state index >= 15 is 8.78 Å². The van der Waals surface area contributed by atoms with Crippen LogP contribution < -0.4 is 5.32 Å². The smallest absolute Gasteiger partial charge is 0.253 e. The first-order valence-corrected chi connectivity index (χ1v) is 12.8. The number of hydrogen-bond donors (Lipinski definition) is 2. The van der Waals surface area contributed by atoms with Crippen LogP contribution in [-0.2, 0) is 17.8 Å². The van der Waals surface area contributed by atoms with Crippen LogP contribution in [0.3, 0.4) is 0 Å². The number of nitrogens with one attached hydrogen (secondary N) is 1. The summed E-state index contributed by atoms with van der Waals surface area (Å²) in [5, 5.41) is 12.9. The molecule has 4 unspecified atom stereocenters. The first-order chi connectivity index (χ1) is 16.3. The molecule has 5 atom stereocenters. The number of hydrogen-bond acceptors (Lipinski definition) is 2. The Balaban J connectivity index is 1.26. The van der Waals surface area contributed by atoms with Gasteiger partial charge in [0.25, 0.3) is 5.92 Å². The van der Waals surface area contributed by atoms with Crippen molar-refractivity contribution < 1.29 is 18.7 Å². The van der Waals surface area contributed by atoms with E-state index in [-0.39, 0.29) is 35.8 Å². The van der Waals surface area contributed by atoms with Gasteiger partial charge in [-0.15, -0.1) is 0 Å². The second-order valence-corrected chi connectivity index (χ2v) is 11.0. The fraction of sp³-hybridized carbons (Fsp3) is 0.552. The fourth-order valence-electron chi connectivity index (χ4n) is 7.50. The number of aryl methyl sites for hydroxylation is 1. The van der Waals surface area contributed by atoms with Gasteiger partial charge in [-0.05, 0) is 91.0 Å². The number of halogens is 2. The van der Waals surface area contributed by atoms with Crippen molar-refractivity contribution >= 4 is 5.91 Å². The van der Waals surface area contributed by atoms with Crippen LogP contribution in [0.5, 0.6) is 5.75 Å². The van der Waals surface area contributed by atoms with Gasteiger partial charge in [-0.3, -0.25) is 4.79 Å². The molecule has 5 rings (SSSR count). The van der Waals surface area contributed by atoms with Gasteiger partial charge in [0.15, 0.2) is 0 Å². The SMILES string of the molecule is C[C@]12CCC3c4ccc(O)cc4CCC3C1C(CCCC(=O)NCc1ccccc1)CC2(F)F. The maximum absolute atomic E-state index is 15.4. The van der Waals surface area contributed by atoms with Crippen LogP contribution in [0.4, 0.5) is 8.78 Å². The van der Waals surface area contributed by atoms with E-state index in [2.05, 4.69) is 5.32 Å². The Morgan fingerprint density at radius 3 is 2.74 bits per heavy atom. The predicted octanol–water partition coefficient (Wildman–Crippen LogP) is 6.60. The summed E-state index contributed by atoms with van der Waals surface area (Å²) in [4.78, 5) is 12.4. The average Bonchev–Trinajstić information content (AvgIpc) is 3.03. The summed E-state index contributed by atoms with van der Waals surface area (Å²) in [7, 11) is 0. The molecule has 0 aliphatic heterocycles. The Morgan fingerprint density at radius 1 is 1.15 bits per heavy atom. The average molecular weight is 468 g/mol. The van der Waals surface area contributed by atoms with Crippen molar-refractivity contribution in [2.75, 3.05) is 0 Å². The molecular weight excluding hydrogens is 432 g/mol. The Labute approximate surface area is 201 Å². The summed E-state index contributed by atoms with van der Waals surface area (Å²) in [6, 6.07) is 15.4. The molecule has 2 aromatic carbocycles. The molecule has 2 N–H and O–H groups in total. The lowest BCUT2D eigenvalue weighted by Crippen LogP contribution is -2.47. The van der Waals surface area contributed by atoms with E-state index < -0.39 is 11.3 Å². The molecule has 0 radical (unpaired) electrons. The third-order valence-corrected chi connectivity index (χ3v) is 9.13. The minimum atomic E-state index is -2.65. The van der Waals surface area contributed by atoms with Crippen LogP contribution in [0.1, 0.15) is 74.5 Å². The molecule has 0 spiro atoms. The Hall–Kier alpha value is -2.43. The monoisotopic (exact) mass is 467 g/mol. The normalized spacial score (nSPS) is 31.3. The number of amides is 1. The van der Waals surface area contributed by atoms with Crippen molar-refractivity contribution in [1.29, 1.82) is 0 Å². The molecule has 5 heteroatoms. The van der Waals surface area contributed by atoms with E-state index in [4.69, 9.17) is 0 Å². The second kappa shape index (κ2) is 8.98. The molecule has 0 aromatic heterocycles. The highest BCUT2D eigenvalue weighted by Gasteiger charge is 2.67. The highest BCUT2D eigenvalue weighted by atomic mass is 19.3. The zero-order valence-electron chi connectivity index (χ0n) is 19.9. The maximum atomic E-state index is 15.4. The van der Waals surface area contributed by atoms with Gasteiger partial charge in [-0.1, -0.05) is 43.3 Å². The predicted molar refractivity (Wildman–Crippen MR) is 129 cm³/mol. The van der Waals surface area contributed by atoms with Gasteiger partial charge in [-0.25, -0.2) is 8.78 Å². The summed E-state index contributed by atoms with van der Waals surface area (Å²) >= 11 is 0. The molecule has 0 heterocycles. The molecule has 34 heavy (non-hydrogen) atoms. The van der Waals surface area contributed by atoms with Crippen molar-refractivity contribution in [1.82, 2.24) is 5.32 Å². The number of alkyl halides is 2. The zero-order chi connectivity index (χ0) is 23.9. The van der Waals surface area contributed by atoms with E-state index in [1.165, 1.54) is 11.1 Å². The molecule has 182 valence electrons.